The standard InChI is InChI=1S/C25H32N2O3/c1-18(2)14-16-26-24(29)25(3)15-13-20-7-5-6-8-22(20)23(28)27(25)17-19-9-11-21(30-4)12-10-19/h5-12,18H,13-17H2,1-4H3,(H,26,29)/t25-/m0/s1. The van der Waals surface area contributed by atoms with Crippen LogP contribution < -0.4 is 10.1 Å². The van der Waals surface area contributed by atoms with E-state index in [4.69, 9.17) is 4.74 Å². The molecule has 0 spiro atoms. The smallest absolute Gasteiger partial charge is 0.255 e. The average molecular weight is 409 g/mol. The molecule has 0 unspecified atom stereocenters. The molecule has 0 aliphatic carbocycles. The Labute approximate surface area is 179 Å². The van der Waals surface area contributed by atoms with Crippen molar-refractivity contribution in [1.29, 1.82) is 0 Å². The molecule has 1 N–H and O–H groups in total. The van der Waals surface area contributed by atoms with Crippen molar-refractivity contribution >= 4 is 11.8 Å². The monoisotopic (exact) mass is 408 g/mol. The van der Waals surface area contributed by atoms with Crippen LogP contribution in [0.15, 0.2) is 48.5 Å². The number of nitrogens with zero attached hydrogens (tertiary/aromatic N) is 1. The number of ether oxygens (including phenoxy) is 1. The van der Waals surface area contributed by atoms with Gasteiger partial charge in [-0.25, -0.2) is 0 Å². The molecule has 2 aromatic carbocycles. The molecule has 2 aromatic rings. The number of hydrogen-bond donors (Lipinski definition) is 1. The molecule has 0 fully saturated rings. The largest absolute Gasteiger partial charge is 0.497 e. The van der Waals surface area contributed by atoms with Crippen LogP contribution in [0.2, 0.25) is 0 Å². The summed E-state index contributed by atoms with van der Waals surface area (Å²) >= 11 is 0. The van der Waals surface area contributed by atoms with Gasteiger partial charge in [-0.1, -0.05) is 44.2 Å². The van der Waals surface area contributed by atoms with E-state index in [1.54, 1.807) is 12.0 Å². The summed E-state index contributed by atoms with van der Waals surface area (Å²) in [5.41, 5.74) is 1.72. The van der Waals surface area contributed by atoms with Gasteiger partial charge in [0, 0.05) is 18.7 Å². The summed E-state index contributed by atoms with van der Waals surface area (Å²) < 4.78 is 5.24. The summed E-state index contributed by atoms with van der Waals surface area (Å²) in [5.74, 6) is 1.09. The SMILES string of the molecule is COc1ccc(CN2C(=O)c3ccccc3CC[C@@]2(C)C(=O)NCCC(C)C)cc1. The van der Waals surface area contributed by atoms with Gasteiger partial charge in [0.05, 0.1) is 7.11 Å². The van der Waals surface area contributed by atoms with E-state index in [0.717, 1.165) is 23.3 Å². The normalized spacial score (nSPS) is 18.7. The van der Waals surface area contributed by atoms with E-state index in [9.17, 15) is 9.59 Å². The molecular formula is C25H32N2O3. The summed E-state index contributed by atoms with van der Waals surface area (Å²) in [7, 11) is 1.63. The Morgan fingerprint density at radius 2 is 1.87 bits per heavy atom. The first-order chi connectivity index (χ1) is 14.3. The van der Waals surface area contributed by atoms with Crippen molar-refractivity contribution in [2.45, 2.75) is 52.1 Å². The summed E-state index contributed by atoms with van der Waals surface area (Å²) in [4.78, 5) is 28.7. The summed E-state index contributed by atoms with van der Waals surface area (Å²) in [6.07, 6.45) is 2.18. The maximum Gasteiger partial charge on any atom is 0.255 e. The predicted molar refractivity (Wildman–Crippen MR) is 119 cm³/mol. The molecule has 5 nitrogen and oxygen atoms in total. The second-order valence-corrected chi connectivity index (χ2v) is 8.61. The van der Waals surface area contributed by atoms with Crippen LogP contribution in [0.25, 0.3) is 0 Å². The van der Waals surface area contributed by atoms with E-state index >= 15 is 0 Å². The number of benzene rings is 2. The number of hydrogen-bond acceptors (Lipinski definition) is 3. The second kappa shape index (κ2) is 9.33. The van der Waals surface area contributed by atoms with Crippen LogP contribution in [-0.4, -0.2) is 35.9 Å². The maximum atomic E-state index is 13.6. The maximum absolute atomic E-state index is 13.6. The van der Waals surface area contributed by atoms with Crippen molar-refractivity contribution < 1.29 is 14.3 Å². The fourth-order valence-electron chi connectivity index (χ4n) is 3.89. The molecule has 30 heavy (non-hydrogen) atoms. The van der Waals surface area contributed by atoms with Gasteiger partial charge in [0.25, 0.3) is 5.91 Å². The number of amides is 2. The van der Waals surface area contributed by atoms with E-state index in [0.29, 0.717) is 37.4 Å². The third kappa shape index (κ3) is 4.66. The van der Waals surface area contributed by atoms with Gasteiger partial charge in [0.15, 0.2) is 0 Å². The lowest BCUT2D eigenvalue weighted by Gasteiger charge is -2.39. The van der Waals surface area contributed by atoms with E-state index in [-0.39, 0.29) is 11.8 Å². The molecule has 5 heteroatoms. The second-order valence-electron chi connectivity index (χ2n) is 8.61. The highest BCUT2D eigenvalue weighted by atomic mass is 16.5. The molecule has 0 bridgehead atoms. The lowest BCUT2D eigenvalue weighted by molar-refractivity contribution is -0.132. The highest BCUT2D eigenvalue weighted by molar-refractivity contribution is 6.00. The lowest BCUT2D eigenvalue weighted by atomic mass is 9.91. The van der Waals surface area contributed by atoms with Crippen molar-refractivity contribution in [1.82, 2.24) is 10.2 Å². The molecule has 1 aliphatic rings. The molecule has 160 valence electrons. The topological polar surface area (TPSA) is 58.6 Å². The Bertz CT molecular complexity index is 892. The van der Waals surface area contributed by atoms with Crippen molar-refractivity contribution in [3.8, 4) is 5.75 Å². The third-order valence-electron chi connectivity index (χ3n) is 5.97. The summed E-state index contributed by atoms with van der Waals surface area (Å²) in [6, 6.07) is 15.3. The fourth-order valence-corrected chi connectivity index (χ4v) is 3.89. The van der Waals surface area contributed by atoms with Crippen LogP contribution in [-0.2, 0) is 17.8 Å². The Kier molecular flexibility index (Phi) is 6.80. The number of rotatable bonds is 7. The molecule has 3 rings (SSSR count). The summed E-state index contributed by atoms with van der Waals surface area (Å²) in [6.45, 7) is 7.14. The number of fused-ring (bicyclic) bond motifs is 1. The van der Waals surface area contributed by atoms with Gasteiger partial charge in [-0.15, -0.1) is 0 Å². The highest BCUT2D eigenvalue weighted by Gasteiger charge is 2.44. The first-order valence-corrected chi connectivity index (χ1v) is 10.7. The minimum absolute atomic E-state index is 0.0854. The van der Waals surface area contributed by atoms with Gasteiger partial charge in [0.2, 0.25) is 5.91 Å². The zero-order valence-electron chi connectivity index (χ0n) is 18.4. The first kappa shape index (κ1) is 21.9. The van der Waals surface area contributed by atoms with Gasteiger partial charge < -0.3 is 15.0 Å². The highest BCUT2D eigenvalue weighted by Crippen LogP contribution is 2.32. The Hall–Kier alpha value is -2.82. The van der Waals surface area contributed by atoms with Crippen molar-refractivity contribution in [3.05, 3.63) is 65.2 Å². The Morgan fingerprint density at radius 3 is 2.53 bits per heavy atom. The lowest BCUT2D eigenvalue weighted by Crippen LogP contribution is -2.58. The van der Waals surface area contributed by atoms with E-state index in [1.165, 1.54) is 0 Å². The molecule has 0 aromatic heterocycles. The minimum atomic E-state index is -0.924. The number of carbonyl (C=O) groups excluding carboxylic acids is 2. The molecule has 2 amide bonds. The zero-order valence-corrected chi connectivity index (χ0v) is 18.4. The van der Waals surface area contributed by atoms with Crippen molar-refractivity contribution in [2.75, 3.05) is 13.7 Å². The van der Waals surface area contributed by atoms with Crippen LogP contribution in [0.5, 0.6) is 5.75 Å². The quantitative estimate of drug-likeness (QED) is 0.747. The number of aryl methyl sites for hydroxylation is 1. The fraction of sp³-hybridized carbons (Fsp3) is 0.440. The number of carbonyl (C=O) groups is 2. The molecule has 1 aliphatic heterocycles. The van der Waals surface area contributed by atoms with Gasteiger partial charge >= 0.3 is 0 Å². The van der Waals surface area contributed by atoms with Crippen LogP contribution in [0, 0.1) is 5.92 Å². The van der Waals surface area contributed by atoms with E-state index in [2.05, 4.69) is 19.2 Å². The molecule has 0 saturated carbocycles. The Balaban J connectivity index is 1.93. The Morgan fingerprint density at radius 1 is 1.17 bits per heavy atom. The minimum Gasteiger partial charge on any atom is -0.497 e. The van der Waals surface area contributed by atoms with Gasteiger partial charge in [-0.2, -0.15) is 0 Å². The van der Waals surface area contributed by atoms with Crippen LogP contribution >= 0.6 is 0 Å². The predicted octanol–water partition coefficient (Wildman–Crippen LogP) is 4.20. The molecular weight excluding hydrogens is 376 g/mol. The van der Waals surface area contributed by atoms with Gasteiger partial charge in [0.1, 0.15) is 11.3 Å². The molecule has 0 saturated heterocycles. The molecule has 0 radical (unpaired) electrons. The van der Waals surface area contributed by atoms with Crippen LogP contribution in [0.1, 0.15) is 55.1 Å². The zero-order chi connectivity index (χ0) is 21.7. The average Bonchev–Trinajstić information content (AvgIpc) is 2.85. The van der Waals surface area contributed by atoms with Crippen molar-refractivity contribution in [2.24, 2.45) is 5.92 Å². The van der Waals surface area contributed by atoms with Gasteiger partial charge in [-0.05, 0) is 61.4 Å². The molecule has 1 atom stereocenters. The first-order valence-electron chi connectivity index (χ1n) is 10.7. The van der Waals surface area contributed by atoms with Gasteiger partial charge in [-0.3, -0.25) is 9.59 Å². The summed E-state index contributed by atoms with van der Waals surface area (Å²) in [5, 5.41) is 3.08. The van der Waals surface area contributed by atoms with E-state index < -0.39 is 5.54 Å². The van der Waals surface area contributed by atoms with Crippen LogP contribution in [0.3, 0.4) is 0 Å². The number of nitrogens with one attached hydrogen (secondary N) is 1. The molecule has 1 heterocycles. The third-order valence-corrected chi connectivity index (χ3v) is 5.97. The number of methoxy groups -OCH3 is 1. The van der Waals surface area contributed by atoms with E-state index in [1.807, 2.05) is 55.5 Å². The van der Waals surface area contributed by atoms with Crippen LogP contribution in [0.4, 0.5) is 0 Å². The van der Waals surface area contributed by atoms with Crippen molar-refractivity contribution in [3.63, 3.8) is 0 Å².